The van der Waals surface area contributed by atoms with Gasteiger partial charge in [0, 0.05) is 24.4 Å². The van der Waals surface area contributed by atoms with Crippen molar-refractivity contribution in [2.45, 2.75) is 12.3 Å². The Morgan fingerprint density at radius 3 is 0.875 bits per heavy atom. The van der Waals surface area contributed by atoms with Crippen LogP contribution < -0.4 is 74.4 Å². The maximum Gasteiger partial charge on any atom is 0.145 e. The van der Waals surface area contributed by atoms with Gasteiger partial charge in [-0.3, -0.25) is 0 Å². The monoisotopic (exact) mass is 559 g/mol. The number of alkyl halides is 2. The quantitative estimate of drug-likeness (QED) is 0.219. The minimum Gasteiger partial charge on any atom is -1.00 e. The predicted octanol–water partition coefficient (Wildman–Crippen LogP) is -14.0. The van der Waals surface area contributed by atoms with Gasteiger partial charge in [-0.25, -0.2) is 0 Å². The third-order valence-corrected chi connectivity index (χ3v) is 2.04. The molecule has 0 aromatic carbocycles. The van der Waals surface area contributed by atoms with Crippen LogP contribution in [0.5, 0.6) is 0 Å². The van der Waals surface area contributed by atoms with Crippen LogP contribution in [0.3, 0.4) is 0 Å². The molecule has 0 saturated carbocycles. The van der Waals surface area contributed by atoms with Crippen molar-refractivity contribution in [1.29, 1.82) is 0 Å². The first-order chi connectivity index (χ1) is 3.55. The molecule has 0 unspecified atom stereocenters. The van der Waals surface area contributed by atoms with Gasteiger partial charge in [0.1, 0.15) is 9.33 Å². The summed E-state index contributed by atoms with van der Waals surface area (Å²) in [4.78, 5) is -0.832. The van der Waals surface area contributed by atoms with E-state index < -0.39 is 4.84 Å². The van der Waals surface area contributed by atoms with Crippen molar-refractivity contribution >= 4 is 82.4 Å². The van der Waals surface area contributed by atoms with Gasteiger partial charge in [0.2, 0.25) is 0 Å². The largest absolute Gasteiger partial charge is 1.00 e. The summed E-state index contributed by atoms with van der Waals surface area (Å²) in [6.45, 7) is 0. The molecule has 0 aromatic rings. The van der Waals surface area contributed by atoms with Crippen molar-refractivity contribution in [3.63, 3.8) is 0 Å². The fraction of sp³-hybridized carbons (Fsp3) is 0.500. The Kier molecular flexibility index (Phi) is 136. The van der Waals surface area contributed by atoms with Crippen molar-refractivity contribution in [1.82, 2.24) is 0 Å². The normalized spacial score (nSPS) is 4.88. The summed E-state index contributed by atoms with van der Waals surface area (Å²) in [5, 5.41) is 0.0525. The molecular weight excluding hydrogens is 560 g/mol. The SMILES string of the molecule is C.ClC(Cl)=C(Cl)C(Cl)Cl.[Cl-].[Cl-].[Cl-].[Cl-].[Cl-].[Cl-].[Sb]. The van der Waals surface area contributed by atoms with Crippen LogP contribution in [0.2, 0.25) is 0 Å². The fourth-order valence-corrected chi connectivity index (χ4v) is 0.742. The van der Waals surface area contributed by atoms with Gasteiger partial charge in [-0.1, -0.05) is 65.4 Å². The molecule has 0 bridgehead atoms. The molecule has 12 heteroatoms. The van der Waals surface area contributed by atoms with Crippen molar-refractivity contribution in [3.8, 4) is 0 Å². The minimum atomic E-state index is -0.832. The molecule has 0 heterocycles. The van der Waals surface area contributed by atoms with Gasteiger partial charge < -0.3 is 74.4 Å². The molecule has 109 valence electrons. The molecule has 0 spiro atoms. The van der Waals surface area contributed by atoms with Crippen LogP contribution in [0, 0.1) is 0 Å². The zero-order valence-electron chi connectivity index (χ0n) is 6.18. The van der Waals surface area contributed by atoms with E-state index in [1.807, 2.05) is 0 Å². The number of hydrogen-bond acceptors (Lipinski definition) is 0. The molecule has 16 heavy (non-hydrogen) atoms. The van der Waals surface area contributed by atoms with E-state index in [0.29, 0.717) is 0 Å². The summed E-state index contributed by atoms with van der Waals surface area (Å²) >= 11 is 26.1. The molecule has 3 radical (unpaired) electrons. The maximum absolute atomic E-state index is 5.30. The van der Waals surface area contributed by atoms with E-state index in [-0.39, 0.29) is 116 Å². The second kappa shape index (κ2) is 36.3. The van der Waals surface area contributed by atoms with Crippen LogP contribution in [-0.4, -0.2) is 29.3 Å². The molecule has 0 aliphatic rings. The second-order valence-corrected chi connectivity index (χ2v) is 3.36. The smallest absolute Gasteiger partial charge is 0.145 e. The summed E-state index contributed by atoms with van der Waals surface area (Å²) < 4.78 is -0.0957. The van der Waals surface area contributed by atoms with Gasteiger partial charge in [-0.15, -0.1) is 0 Å². The summed E-state index contributed by atoms with van der Waals surface area (Å²) in [6, 6.07) is 0. The minimum absolute atomic E-state index is 0. The summed E-state index contributed by atoms with van der Waals surface area (Å²) in [5.41, 5.74) is 0. The molecular formula is C4H5Cl11Sb-6. The van der Waals surface area contributed by atoms with Crippen LogP contribution in [-0.2, 0) is 0 Å². The summed E-state index contributed by atoms with van der Waals surface area (Å²) in [6.07, 6.45) is 0. The van der Waals surface area contributed by atoms with Crippen LogP contribution in [0.15, 0.2) is 9.52 Å². The van der Waals surface area contributed by atoms with Crippen LogP contribution >= 0.6 is 58.0 Å². The van der Waals surface area contributed by atoms with Gasteiger partial charge in [0.15, 0.2) is 0 Å². The number of rotatable bonds is 1. The van der Waals surface area contributed by atoms with E-state index in [1.54, 1.807) is 0 Å². The Labute approximate surface area is 176 Å². The third-order valence-electron chi connectivity index (χ3n) is 0.372. The molecule has 0 aromatic heterocycles. The van der Waals surface area contributed by atoms with Gasteiger partial charge in [-0.05, 0) is 0 Å². The zero-order chi connectivity index (χ0) is 6.73. The second-order valence-electron chi connectivity index (χ2n) is 0.909. The first-order valence-corrected chi connectivity index (χ1v) is 3.55. The Bertz CT molecular complexity index is 111. The van der Waals surface area contributed by atoms with E-state index in [2.05, 4.69) is 0 Å². The molecule has 0 nitrogen and oxygen atoms in total. The molecule has 0 aliphatic heterocycles. The first kappa shape index (κ1) is 60.1. The molecule has 0 atom stereocenters. The molecule has 0 rings (SSSR count). The van der Waals surface area contributed by atoms with Gasteiger partial charge in [0.05, 0.1) is 5.03 Å². The van der Waals surface area contributed by atoms with E-state index >= 15 is 0 Å². The summed E-state index contributed by atoms with van der Waals surface area (Å²) in [5.74, 6) is 0. The van der Waals surface area contributed by atoms with Crippen molar-refractivity contribution in [2.75, 3.05) is 0 Å². The Balaban J connectivity index is -0.00000000875. The van der Waals surface area contributed by atoms with Crippen molar-refractivity contribution in [3.05, 3.63) is 9.52 Å². The van der Waals surface area contributed by atoms with Crippen molar-refractivity contribution in [2.24, 2.45) is 0 Å². The average molecular weight is 565 g/mol. The van der Waals surface area contributed by atoms with E-state index in [1.165, 1.54) is 0 Å². The van der Waals surface area contributed by atoms with Gasteiger partial charge >= 0.3 is 0 Å². The topological polar surface area (TPSA) is 0 Å². The van der Waals surface area contributed by atoms with Crippen molar-refractivity contribution < 1.29 is 74.4 Å². The molecule has 0 fully saturated rings. The van der Waals surface area contributed by atoms with E-state index in [4.69, 9.17) is 58.0 Å². The van der Waals surface area contributed by atoms with E-state index in [0.717, 1.165) is 0 Å². The molecule has 0 saturated heterocycles. The molecule has 0 N–H and O–H groups in total. The van der Waals surface area contributed by atoms with Crippen LogP contribution in [0.25, 0.3) is 0 Å². The third kappa shape index (κ3) is 36.1. The fourth-order valence-electron chi connectivity index (χ4n) is 0.0825. The van der Waals surface area contributed by atoms with Crippen LogP contribution in [0.4, 0.5) is 0 Å². The zero-order valence-corrected chi connectivity index (χ0v) is 17.1. The Hall–Kier alpha value is 3.75. The number of halogens is 11. The van der Waals surface area contributed by atoms with E-state index in [9.17, 15) is 0 Å². The molecule has 0 amide bonds. The standard InChI is InChI=1S/C3HCl5.CH4.6ClH.Sb/c4-1(2(5)6)3(7)8;;;;;;;;/h2H;1H4;6*1H;/p-6. The maximum atomic E-state index is 5.30. The van der Waals surface area contributed by atoms with Crippen LogP contribution in [0.1, 0.15) is 7.43 Å². The predicted molar refractivity (Wildman–Crippen MR) is 52.6 cm³/mol. The number of hydrogen-bond donors (Lipinski definition) is 0. The summed E-state index contributed by atoms with van der Waals surface area (Å²) in [7, 11) is 0. The van der Waals surface area contributed by atoms with Gasteiger partial charge in [0.25, 0.3) is 0 Å². The average Bonchev–Trinajstić information content (AvgIpc) is 1.64. The molecule has 0 aliphatic carbocycles. The Morgan fingerprint density at radius 2 is 0.875 bits per heavy atom. The number of allylic oxidation sites excluding steroid dienone is 1. The Morgan fingerprint density at radius 1 is 0.688 bits per heavy atom. The van der Waals surface area contributed by atoms with Gasteiger partial charge in [-0.2, -0.15) is 0 Å². The first-order valence-electron chi connectivity index (χ1n) is 1.54.